The summed E-state index contributed by atoms with van der Waals surface area (Å²) >= 11 is 0. The minimum absolute atomic E-state index is 0. The van der Waals surface area contributed by atoms with Crippen LogP contribution in [0.25, 0.3) is 0 Å². The number of rotatable bonds is 6. The minimum Gasteiger partial charge on any atom is -1.00 e. The van der Waals surface area contributed by atoms with Crippen molar-refractivity contribution in [2.45, 2.75) is 32.1 Å². The van der Waals surface area contributed by atoms with Crippen LogP contribution in [0.2, 0.25) is 25.7 Å². The average Bonchev–Trinajstić information content (AvgIpc) is 2.24. The van der Waals surface area contributed by atoms with Crippen molar-refractivity contribution in [2.24, 2.45) is 0 Å². The number of hydrogen-bond acceptors (Lipinski definition) is 2. The summed E-state index contributed by atoms with van der Waals surface area (Å²) in [6.07, 6.45) is 1.18. The molecule has 0 fully saturated rings. The second-order valence-corrected chi connectivity index (χ2v) is 11.1. The molecule has 0 spiro atoms. The Hall–Kier alpha value is -0.293. The first-order valence-electron chi connectivity index (χ1n) is 5.96. The predicted molar refractivity (Wildman–Crippen MR) is 75.8 cm³/mol. The summed E-state index contributed by atoms with van der Waals surface area (Å²) in [5.41, 5.74) is 1.32. The van der Waals surface area contributed by atoms with Gasteiger partial charge in [0.25, 0.3) is 0 Å². The van der Waals surface area contributed by atoms with Crippen molar-refractivity contribution in [3.63, 3.8) is 0 Å². The Morgan fingerprint density at radius 2 is 1.83 bits per heavy atom. The van der Waals surface area contributed by atoms with Gasteiger partial charge in [-0.1, -0.05) is 25.7 Å². The maximum Gasteiger partial charge on any atom is 1.00 e. The zero-order valence-electron chi connectivity index (χ0n) is 12.8. The zero-order valence-corrected chi connectivity index (χ0v) is 14.8. The smallest absolute Gasteiger partial charge is 1.00 e. The molecule has 0 aliphatic carbocycles. The van der Waals surface area contributed by atoms with Gasteiger partial charge in [0.2, 0.25) is 0 Å². The molecule has 0 saturated carbocycles. The third-order valence-corrected chi connectivity index (χ3v) is 4.42. The van der Waals surface area contributed by atoms with Crippen molar-refractivity contribution in [3.8, 4) is 0 Å². The van der Waals surface area contributed by atoms with Crippen LogP contribution in [0, 0.1) is 0 Å². The molecule has 0 amide bonds. The Bertz CT molecular complexity index is 379. The Morgan fingerprint density at radius 1 is 1.28 bits per heavy atom. The molecule has 0 aliphatic rings. The van der Waals surface area contributed by atoms with Gasteiger partial charge in [0.05, 0.1) is 5.56 Å². The summed E-state index contributed by atoms with van der Waals surface area (Å²) in [6, 6.07) is 8.20. The van der Waals surface area contributed by atoms with Crippen LogP contribution in [0.4, 0.5) is 5.69 Å². The fraction of sp³-hybridized carbons (Fsp3) is 0.462. The summed E-state index contributed by atoms with van der Waals surface area (Å²) in [4.78, 5) is 10.7. The van der Waals surface area contributed by atoms with Gasteiger partial charge >= 0.3 is 35.5 Å². The molecule has 1 rings (SSSR count). The monoisotopic (exact) mass is 275 g/mol. The van der Waals surface area contributed by atoms with Gasteiger partial charge in [-0.15, -0.1) is 0 Å². The number of nitrogens with one attached hydrogen (secondary N) is 1. The van der Waals surface area contributed by atoms with E-state index in [-0.39, 0.29) is 31.0 Å². The second kappa shape index (κ2) is 7.99. The Morgan fingerprint density at radius 3 is 2.28 bits per heavy atom. The molecule has 96 valence electrons. The van der Waals surface area contributed by atoms with E-state index in [0.29, 0.717) is 5.56 Å². The summed E-state index contributed by atoms with van der Waals surface area (Å²) in [6.45, 7) is 8.06. The normalized spacial score (nSPS) is 10.6. The third kappa shape index (κ3) is 7.21. The molecule has 5 heteroatoms. The van der Waals surface area contributed by atoms with Crippen LogP contribution >= 0.6 is 0 Å². The van der Waals surface area contributed by atoms with Crippen molar-refractivity contribution >= 4 is 19.7 Å². The van der Waals surface area contributed by atoms with Crippen LogP contribution in [0.5, 0.6) is 0 Å². The van der Waals surface area contributed by atoms with E-state index in [1.54, 1.807) is 12.1 Å². The van der Waals surface area contributed by atoms with Gasteiger partial charge < -0.3 is 11.8 Å². The van der Waals surface area contributed by atoms with Gasteiger partial charge in [-0.3, -0.25) is 0 Å². The third-order valence-electron chi connectivity index (χ3n) is 2.56. The van der Waals surface area contributed by atoms with E-state index >= 15 is 0 Å². The van der Waals surface area contributed by atoms with Crippen LogP contribution in [0.15, 0.2) is 24.3 Å². The van der Waals surface area contributed by atoms with Crippen molar-refractivity contribution in [3.05, 3.63) is 29.8 Å². The second-order valence-electron chi connectivity index (χ2n) is 5.47. The quantitative estimate of drug-likeness (QED) is 0.592. The Labute approximate surface area is 134 Å². The van der Waals surface area contributed by atoms with E-state index in [4.69, 9.17) is 5.11 Å². The first-order valence-corrected chi connectivity index (χ1v) is 9.66. The van der Waals surface area contributed by atoms with Gasteiger partial charge in [-0.05, 0) is 30.7 Å². The SMILES string of the molecule is C[Si](C)(C)CCCNc1ccc(C(=O)O)cc1.[H-].[Na+]. The maximum absolute atomic E-state index is 10.7. The first kappa shape index (κ1) is 17.7. The molecular formula is C13H22NNaO2Si. The van der Waals surface area contributed by atoms with Crippen LogP contribution in [0.3, 0.4) is 0 Å². The number of benzene rings is 1. The van der Waals surface area contributed by atoms with E-state index in [9.17, 15) is 4.79 Å². The number of carboxylic acids is 1. The maximum atomic E-state index is 10.7. The molecule has 3 nitrogen and oxygen atoms in total. The van der Waals surface area contributed by atoms with Gasteiger partial charge in [0, 0.05) is 20.3 Å². The molecule has 0 aliphatic heterocycles. The predicted octanol–water partition coefficient (Wildman–Crippen LogP) is 0.642. The molecule has 1 aromatic carbocycles. The Kier molecular flexibility index (Phi) is 7.86. The fourth-order valence-electron chi connectivity index (χ4n) is 1.58. The molecule has 0 aromatic heterocycles. The minimum atomic E-state index is -0.937. The van der Waals surface area contributed by atoms with Gasteiger partial charge in [-0.25, -0.2) is 4.79 Å². The molecule has 18 heavy (non-hydrogen) atoms. The standard InChI is InChI=1S/C13H21NO2Si.Na.H/c1-17(2,3)10-4-9-14-12-7-5-11(6-8-12)13(15)16;;/h5-8,14H,4,9-10H2,1-3H3,(H,15,16);;/q;+1;-1. The van der Waals surface area contributed by atoms with Crippen LogP contribution in [0.1, 0.15) is 18.2 Å². The molecule has 0 unspecified atom stereocenters. The molecule has 1 aromatic rings. The topological polar surface area (TPSA) is 49.3 Å². The molecule has 0 heterocycles. The number of hydrogen-bond donors (Lipinski definition) is 2. The van der Waals surface area contributed by atoms with Crippen LogP contribution < -0.4 is 34.9 Å². The molecule has 0 saturated heterocycles. The van der Waals surface area contributed by atoms with E-state index in [2.05, 4.69) is 25.0 Å². The summed E-state index contributed by atoms with van der Waals surface area (Å²) in [7, 11) is -0.937. The van der Waals surface area contributed by atoms with Gasteiger partial charge in [-0.2, -0.15) is 0 Å². The fourth-order valence-corrected chi connectivity index (χ4v) is 2.82. The number of aromatic carboxylic acids is 1. The molecule has 0 atom stereocenters. The van der Waals surface area contributed by atoms with E-state index < -0.39 is 14.0 Å². The molecule has 0 radical (unpaired) electrons. The van der Waals surface area contributed by atoms with Crippen molar-refractivity contribution < 1.29 is 40.9 Å². The number of carboxylic acid groups (broad SMARTS) is 1. The van der Waals surface area contributed by atoms with Crippen LogP contribution in [-0.4, -0.2) is 25.7 Å². The first-order chi connectivity index (χ1) is 7.88. The van der Waals surface area contributed by atoms with E-state index in [1.807, 2.05) is 12.1 Å². The number of carbonyl (C=O) groups is 1. The largest absolute Gasteiger partial charge is 1.00 e. The molecule has 0 bridgehead atoms. The molecule has 2 N–H and O–H groups in total. The van der Waals surface area contributed by atoms with Crippen molar-refractivity contribution in [1.29, 1.82) is 0 Å². The zero-order chi connectivity index (χ0) is 12.9. The van der Waals surface area contributed by atoms with E-state index in [1.165, 1.54) is 12.5 Å². The summed E-state index contributed by atoms with van der Waals surface area (Å²) < 4.78 is 0. The van der Waals surface area contributed by atoms with Crippen molar-refractivity contribution in [1.82, 2.24) is 0 Å². The Balaban J connectivity index is 0. The van der Waals surface area contributed by atoms with Gasteiger partial charge in [0.15, 0.2) is 0 Å². The summed E-state index contributed by atoms with van der Waals surface area (Å²) in [5.74, 6) is -0.879. The summed E-state index contributed by atoms with van der Waals surface area (Å²) in [5, 5.41) is 12.1. The number of anilines is 1. The van der Waals surface area contributed by atoms with E-state index in [0.717, 1.165) is 12.2 Å². The molecular weight excluding hydrogens is 253 g/mol. The average molecular weight is 275 g/mol. The van der Waals surface area contributed by atoms with Crippen LogP contribution in [-0.2, 0) is 0 Å². The van der Waals surface area contributed by atoms with Crippen molar-refractivity contribution in [2.75, 3.05) is 11.9 Å². The van der Waals surface area contributed by atoms with Gasteiger partial charge in [0.1, 0.15) is 0 Å².